The maximum atomic E-state index is 13.1. The van der Waals surface area contributed by atoms with Crippen LogP contribution in [-0.4, -0.2) is 29.4 Å². The Balaban J connectivity index is 1.66. The van der Waals surface area contributed by atoms with Gasteiger partial charge < -0.3 is 4.52 Å². The molecule has 0 N–H and O–H groups in total. The minimum absolute atomic E-state index is 0.246. The van der Waals surface area contributed by atoms with Crippen LogP contribution in [0.15, 0.2) is 64.0 Å². The average Bonchev–Trinajstić information content (AvgIpc) is 3.19. The van der Waals surface area contributed by atoms with Gasteiger partial charge in [-0.2, -0.15) is 9.29 Å². The lowest BCUT2D eigenvalue weighted by molar-refractivity contribution is 0.204. The van der Waals surface area contributed by atoms with Crippen molar-refractivity contribution in [2.45, 2.75) is 30.2 Å². The quantitative estimate of drug-likeness (QED) is 0.681. The van der Waals surface area contributed by atoms with Crippen LogP contribution in [0.3, 0.4) is 0 Å². The molecule has 6 nitrogen and oxygen atoms in total. The summed E-state index contributed by atoms with van der Waals surface area (Å²) in [7, 11) is -3.66. The molecule has 8 heteroatoms. The van der Waals surface area contributed by atoms with Crippen molar-refractivity contribution in [3.05, 3.63) is 66.3 Å². The number of benzene rings is 2. The molecule has 3 aromatic rings. The third kappa shape index (κ3) is 3.50. The summed E-state index contributed by atoms with van der Waals surface area (Å²) >= 11 is 0. The fourth-order valence-electron chi connectivity index (χ4n) is 3.25. The first kappa shape index (κ1) is 17.8. The Bertz CT molecular complexity index is 1020. The summed E-state index contributed by atoms with van der Waals surface area (Å²) in [6.45, 7) is 0.399. The summed E-state index contributed by atoms with van der Waals surface area (Å²) in [5.41, 5.74) is 0.611. The van der Waals surface area contributed by atoms with Crippen molar-refractivity contribution < 1.29 is 17.3 Å². The van der Waals surface area contributed by atoms with Crippen LogP contribution in [0, 0.1) is 5.82 Å². The van der Waals surface area contributed by atoms with Gasteiger partial charge in [0, 0.05) is 12.1 Å². The van der Waals surface area contributed by atoms with E-state index in [0.29, 0.717) is 24.4 Å². The average molecular weight is 387 g/mol. The highest BCUT2D eigenvalue weighted by molar-refractivity contribution is 7.89. The van der Waals surface area contributed by atoms with Gasteiger partial charge in [-0.05, 0) is 49.2 Å². The van der Waals surface area contributed by atoms with E-state index in [1.165, 1.54) is 16.4 Å². The van der Waals surface area contributed by atoms with Gasteiger partial charge in [-0.25, -0.2) is 12.8 Å². The van der Waals surface area contributed by atoms with Crippen molar-refractivity contribution in [2.24, 2.45) is 0 Å². The number of halogens is 1. The van der Waals surface area contributed by atoms with E-state index in [1.54, 1.807) is 42.5 Å². The van der Waals surface area contributed by atoms with E-state index < -0.39 is 16.1 Å². The lowest BCUT2D eigenvalue weighted by Gasteiger charge is -2.32. The third-order valence-electron chi connectivity index (χ3n) is 4.63. The van der Waals surface area contributed by atoms with Gasteiger partial charge in [0.25, 0.3) is 0 Å². The Kier molecular flexibility index (Phi) is 4.75. The van der Waals surface area contributed by atoms with Gasteiger partial charge in [-0.3, -0.25) is 0 Å². The molecule has 0 aliphatic carbocycles. The molecule has 4 rings (SSSR count). The van der Waals surface area contributed by atoms with E-state index >= 15 is 0 Å². The fraction of sp³-hybridized carbons (Fsp3) is 0.263. The minimum atomic E-state index is -3.66. The minimum Gasteiger partial charge on any atom is -0.337 e. The van der Waals surface area contributed by atoms with Gasteiger partial charge in [0.1, 0.15) is 11.9 Å². The van der Waals surface area contributed by atoms with Crippen molar-refractivity contribution in [3.8, 4) is 11.4 Å². The number of piperidine rings is 1. The van der Waals surface area contributed by atoms with Crippen LogP contribution < -0.4 is 0 Å². The Morgan fingerprint density at radius 1 is 1.04 bits per heavy atom. The lowest BCUT2D eigenvalue weighted by atomic mass is 10.1. The molecular weight excluding hydrogens is 369 g/mol. The fourth-order valence-corrected chi connectivity index (χ4v) is 4.93. The van der Waals surface area contributed by atoms with Crippen molar-refractivity contribution in [1.29, 1.82) is 0 Å². The maximum Gasteiger partial charge on any atom is 0.245 e. The van der Waals surface area contributed by atoms with Gasteiger partial charge in [0.05, 0.1) is 4.90 Å². The van der Waals surface area contributed by atoms with Crippen molar-refractivity contribution >= 4 is 10.0 Å². The summed E-state index contributed by atoms with van der Waals surface area (Å²) in [4.78, 5) is 4.63. The lowest BCUT2D eigenvalue weighted by Crippen LogP contribution is -2.38. The number of hydrogen-bond donors (Lipinski definition) is 0. The van der Waals surface area contributed by atoms with E-state index in [-0.39, 0.29) is 16.6 Å². The molecule has 0 saturated carbocycles. The third-order valence-corrected chi connectivity index (χ3v) is 6.56. The molecule has 1 saturated heterocycles. The van der Waals surface area contributed by atoms with Gasteiger partial charge in [-0.15, -0.1) is 0 Å². The molecular formula is C19H18FN3O3S. The molecule has 140 valence electrons. The summed E-state index contributed by atoms with van der Waals surface area (Å²) in [5.74, 6) is 0.219. The van der Waals surface area contributed by atoms with Crippen LogP contribution >= 0.6 is 0 Å². The van der Waals surface area contributed by atoms with Crippen LogP contribution in [0.25, 0.3) is 11.4 Å². The van der Waals surface area contributed by atoms with Crippen molar-refractivity contribution in [1.82, 2.24) is 14.4 Å². The Hall–Kier alpha value is -2.58. The second kappa shape index (κ2) is 7.21. The Morgan fingerprint density at radius 2 is 1.78 bits per heavy atom. The van der Waals surface area contributed by atoms with E-state index in [9.17, 15) is 12.8 Å². The molecule has 0 amide bonds. The molecule has 1 unspecified atom stereocenters. The monoisotopic (exact) mass is 387 g/mol. The van der Waals surface area contributed by atoms with Crippen LogP contribution in [0.4, 0.5) is 4.39 Å². The number of rotatable bonds is 4. The number of aromatic nitrogens is 2. The zero-order chi connectivity index (χ0) is 18.9. The van der Waals surface area contributed by atoms with E-state index in [1.807, 2.05) is 0 Å². The largest absolute Gasteiger partial charge is 0.337 e. The molecule has 1 aliphatic heterocycles. The first-order chi connectivity index (χ1) is 13.1. The van der Waals surface area contributed by atoms with Gasteiger partial charge in [-0.1, -0.05) is 29.8 Å². The van der Waals surface area contributed by atoms with Gasteiger partial charge >= 0.3 is 0 Å². The number of hydrogen-bond acceptors (Lipinski definition) is 5. The normalized spacial score (nSPS) is 18.5. The zero-order valence-corrected chi connectivity index (χ0v) is 15.3. The molecule has 1 fully saturated rings. The molecule has 0 bridgehead atoms. The molecule has 27 heavy (non-hydrogen) atoms. The molecule has 2 aromatic carbocycles. The van der Waals surface area contributed by atoms with Crippen LogP contribution in [0.2, 0.25) is 0 Å². The summed E-state index contributed by atoms with van der Waals surface area (Å²) in [6, 6.07) is 13.6. The highest BCUT2D eigenvalue weighted by Crippen LogP contribution is 2.35. The van der Waals surface area contributed by atoms with Gasteiger partial charge in [0.15, 0.2) is 0 Å². The highest BCUT2D eigenvalue weighted by Gasteiger charge is 2.37. The standard InChI is InChI=1S/C19H18FN3O3S/c20-15-11-9-14(10-12-15)18-21-19(26-22-18)17-8-4-5-13-23(17)27(24,25)16-6-2-1-3-7-16/h1-3,6-7,9-12,17H,4-5,8,13H2. The van der Waals surface area contributed by atoms with E-state index in [0.717, 1.165) is 12.8 Å². The zero-order valence-electron chi connectivity index (χ0n) is 14.5. The summed E-state index contributed by atoms with van der Waals surface area (Å²) in [5, 5.41) is 3.95. The molecule has 1 aliphatic rings. The SMILES string of the molecule is O=S(=O)(c1ccccc1)N1CCCCC1c1nc(-c2ccc(F)cc2)no1. The van der Waals surface area contributed by atoms with E-state index in [2.05, 4.69) is 10.1 Å². The van der Waals surface area contributed by atoms with Crippen molar-refractivity contribution in [3.63, 3.8) is 0 Å². The maximum absolute atomic E-state index is 13.1. The predicted octanol–water partition coefficient (Wildman–Crippen LogP) is 3.79. The highest BCUT2D eigenvalue weighted by atomic mass is 32.2. The van der Waals surface area contributed by atoms with E-state index in [4.69, 9.17) is 4.52 Å². The predicted molar refractivity (Wildman–Crippen MR) is 96.6 cm³/mol. The first-order valence-corrected chi connectivity index (χ1v) is 10.2. The molecule has 1 aromatic heterocycles. The van der Waals surface area contributed by atoms with Gasteiger partial charge in [0.2, 0.25) is 21.7 Å². The van der Waals surface area contributed by atoms with Crippen LogP contribution in [-0.2, 0) is 10.0 Å². The van der Waals surface area contributed by atoms with Crippen molar-refractivity contribution in [2.75, 3.05) is 6.54 Å². The second-order valence-electron chi connectivity index (χ2n) is 6.40. The molecule has 2 heterocycles. The van der Waals surface area contributed by atoms with Crippen LogP contribution in [0.5, 0.6) is 0 Å². The topological polar surface area (TPSA) is 76.3 Å². The van der Waals surface area contributed by atoms with Crippen LogP contribution in [0.1, 0.15) is 31.2 Å². The molecule has 1 atom stereocenters. The summed E-state index contributed by atoms with van der Waals surface area (Å²) in [6.07, 6.45) is 2.26. The smallest absolute Gasteiger partial charge is 0.245 e. The molecule has 0 radical (unpaired) electrons. The summed E-state index contributed by atoms with van der Waals surface area (Å²) < 4.78 is 46.1. The Morgan fingerprint density at radius 3 is 2.52 bits per heavy atom. The number of nitrogens with zero attached hydrogens (tertiary/aromatic N) is 3. The molecule has 0 spiro atoms. The second-order valence-corrected chi connectivity index (χ2v) is 8.29. The Labute approximate surface area is 156 Å². The first-order valence-electron chi connectivity index (χ1n) is 8.72. The number of sulfonamides is 1.